The Kier molecular flexibility index (Phi) is 6.02. The molecule has 0 aliphatic carbocycles. The van der Waals surface area contributed by atoms with Crippen LogP contribution in [0.2, 0.25) is 0 Å². The molecule has 0 bridgehead atoms. The van der Waals surface area contributed by atoms with Gasteiger partial charge in [-0.2, -0.15) is 0 Å². The summed E-state index contributed by atoms with van der Waals surface area (Å²) in [5.41, 5.74) is 0. The lowest BCUT2D eigenvalue weighted by atomic mass is 10.3. The fourth-order valence-corrected chi connectivity index (χ4v) is 0.906. The van der Waals surface area contributed by atoms with E-state index in [1.54, 1.807) is 12.4 Å². The second kappa shape index (κ2) is 5.92. The van der Waals surface area contributed by atoms with Gasteiger partial charge in [-0.15, -0.1) is 17.0 Å². The van der Waals surface area contributed by atoms with E-state index in [0.29, 0.717) is 0 Å². The number of alkyl halides is 1. The number of hydrogen-bond donors (Lipinski definition) is 0. The third-order valence-corrected chi connectivity index (χ3v) is 1.61. The summed E-state index contributed by atoms with van der Waals surface area (Å²) in [7, 11) is 0. The van der Waals surface area contributed by atoms with Crippen LogP contribution in [-0.2, 0) is 0 Å². The Balaban J connectivity index is 0.000000810. The topological polar surface area (TPSA) is 26.5 Å². The summed E-state index contributed by atoms with van der Waals surface area (Å²) in [4.78, 5) is 4.02. The van der Waals surface area contributed by atoms with Gasteiger partial charge in [-0.25, -0.2) is 10.3 Å². The van der Waals surface area contributed by atoms with Gasteiger partial charge in [0.15, 0.2) is 0 Å². The maximum Gasteiger partial charge on any atom is 0.128 e. The van der Waals surface area contributed by atoms with E-state index in [9.17, 15) is 0 Å². The molecule has 10 heavy (non-hydrogen) atoms. The maximum absolute atomic E-state index is 4.02. The number of halogens is 2. The first-order valence-electron chi connectivity index (χ1n) is 2.92. The molecule has 0 aromatic rings. The summed E-state index contributed by atoms with van der Waals surface area (Å²) in [6.45, 7) is 0. The maximum atomic E-state index is 4.02. The molecular formula is C6H9Br2N2. The molecule has 4 heteroatoms. The van der Waals surface area contributed by atoms with Gasteiger partial charge >= 0.3 is 0 Å². The van der Waals surface area contributed by atoms with Crippen LogP contribution in [0.15, 0.2) is 17.4 Å². The normalized spacial score (nSPS) is 13.9. The smallest absolute Gasteiger partial charge is 0.128 e. The molecule has 1 rings (SSSR count). The van der Waals surface area contributed by atoms with Crippen molar-refractivity contribution < 1.29 is 0 Å². The van der Waals surface area contributed by atoms with Gasteiger partial charge in [-0.05, 0) is 6.42 Å². The fourth-order valence-electron chi connectivity index (χ4n) is 0.626. The molecule has 0 saturated heterocycles. The van der Waals surface area contributed by atoms with Crippen LogP contribution in [0.25, 0.3) is 0 Å². The van der Waals surface area contributed by atoms with Crippen LogP contribution < -0.4 is 5.32 Å². The van der Waals surface area contributed by atoms with Gasteiger partial charge in [0.2, 0.25) is 0 Å². The molecule has 2 nitrogen and oxygen atoms in total. The monoisotopic (exact) mass is 267 g/mol. The van der Waals surface area contributed by atoms with Crippen molar-refractivity contribution in [2.75, 3.05) is 5.33 Å². The summed E-state index contributed by atoms with van der Waals surface area (Å²) in [6, 6.07) is 0. The molecule has 0 unspecified atom stereocenters. The molecule has 0 aromatic heterocycles. The number of aliphatic imine (C=N–C) groups is 1. The van der Waals surface area contributed by atoms with E-state index in [2.05, 4.69) is 26.2 Å². The van der Waals surface area contributed by atoms with Crippen molar-refractivity contribution in [3.05, 3.63) is 12.4 Å². The number of nitrogens with zero attached hydrogens (tertiary/aromatic N) is 2. The van der Waals surface area contributed by atoms with Crippen LogP contribution in [0.1, 0.15) is 12.8 Å². The van der Waals surface area contributed by atoms with Gasteiger partial charge in [0.25, 0.3) is 0 Å². The van der Waals surface area contributed by atoms with Crippen LogP contribution in [0.5, 0.6) is 0 Å². The predicted octanol–water partition coefficient (Wildman–Crippen LogP) is 2.23. The van der Waals surface area contributed by atoms with Crippen LogP contribution >= 0.6 is 32.9 Å². The molecule has 1 heterocycles. The van der Waals surface area contributed by atoms with E-state index in [0.717, 1.165) is 24.0 Å². The lowest BCUT2D eigenvalue weighted by Crippen LogP contribution is -2.05. The molecule has 0 spiro atoms. The zero-order valence-electron chi connectivity index (χ0n) is 5.46. The van der Waals surface area contributed by atoms with Crippen molar-refractivity contribution in [2.45, 2.75) is 12.8 Å². The van der Waals surface area contributed by atoms with E-state index in [1.165, 1.54) is 0 Å². The van der Waals surface area contributed by atoms with Crippen LogP contribution in [-0.4, -0.2) is 11.2 Å². The second-order valence-electron chi connectivity index (χ2n) is 1.77. The molecule has 0 fully saturated rings. The first-order valence-corrected chi connectivity index (χ1v) is 4.04. The highest BCUT2D eigenvalue weighted by molar-refractivity contribution is 9.09. The molecule has 0 N–H and O–H groups in total. The highest BCUT2D eigenvalue weighted by Crippen LogP contribution is 1.99. The molecule has 1 aliphatic rings. The van der Waals surface area contributed by atoms with Crippen molar-refractivity contribution >= 4 is 38.7 Å². The van der Waals surface area contributed by atoms with Gasteiger partial charge in [0.05, 0.1) is 0 Å². The van der Waals surface area contributed by atoms with E-state index in [4.69, 9.17) is 0 Å². The molecule has 0 amide bonds. The van der Waals surface area contributed by atoms with Crippen LogP contribution in [0, 0.1) is 0 Å². The summed E-state index contributed by atoms with van der Waals surface area (Å²) < 4.78 is 0. The van der Waals surface area contributed by atoms with Crippen molar-refractivity contribution in [1.29, 1.82) is 0 Å². The van der Waals surface area contributed by atoms with E-state index >= 15 is 0 Å². The quantitative estimate of drug-likeness (QED) is 0.702. The lowest BCUT2D eigenvalue weighted by Gasteiger charge is -1.93. The Morgan fingerprint density at radius 2 is 2.20 bits per heavy atom. The first kappa shape index (κ1) is 10.2. The molecule has 0 atom stereocenters. The number of rotatable bonds is 3. The summed E-state index contributed by atoms with van der Waals surface area (Å²) >= 11 is 3.34. The van der Waals surface area contributed by atoms with E-state index in [1.807, 2.05) is 0 Å². The van der Waals surface area contributed by atoms with Crippen LogP contribution in [0.3, 0.4) is 0 Å². The Labute approximate surface area is 79.7 Å². The van der Waals surface area contributed by atoms with Crippen molar-refractivity contribution in [3.63, 3.8) is 0 Å². The standard InChI is InChI=1S/C6H8BrN2.BrH/c7-3-1-2-6-8-4-5-9-6;/h4-5H,1-3H2;1H. The molecule has 1 radical (unpaired) electrons. The zero-order chi connectivity index (χ0) is 6.53. The summed E-state index contributed by atoms with van der Waals surface area (Å²) in [5.74, 6) is 0.953. The predicted molar refractivity (Wildman–Crippen MR) is 52.1 cm³/mol. The zero-order valence-corrected chi connectivity index (χ0v) is 8.76. The van der Waals surface area contributed by atoms with E-state index in [-0.39, 0.29) is 17.0 Å². The Morgan fingerprint density at radius 1 is 1.40 bits per heavy atom. The third kappa shape index (κ3) is 3.37. The number of amidine groups is 1. The molecule has 0 aromatic carbocycles. The minimum Gasteiger partial charge on any atom is -0.240 e. The van der Waals surface area contributed by atoms with Gasteiger partial charge in [0, 0.05) is 24.2 Å². The Morgan fingerprint density at radius 3 is 2.70 bits per heavy atom. The minimum absolute atomic E-state index is 0. The highest BCUT2D eigenvalue weighted by Gasteiger charge is 1.99. The van der Waals surface area contributed by atoms with Crippen molar-refractivity contribution in [3.8, 4) is 0 Å². The average Bonchev–Trinajstić information content (AvgIpc) is 2.34. The van der Waals surface area contributed by atoms with Gasteiger partial charge in [0.1, 0.15) is 5.84 Å². The van der Waals surface area contributed by atoms with Crippen molar-refractivity contribution in [1.82, 2.24) is 5.32 Å². The van der Waals surface area contributed by atoms with E-state index < -0.39 is 0 Å². The SMILES string of the molecule is Br.BrCCCC1=NC=C[N]1. The third-order valence-electron chi connectivity index (χ3n) is 1.05. The lowest BCUT2D eigenvalue weighted by molar-refractivity contribution is 0.983. The fraction of sp³-hybridized carbons (Fsp3) is 0.500. The van der Waals surface area contributed by atoms with Crippen molar-refractivity contribution in [2.24, 2.45) is 4.99 Å². The molecule has 1 aliphatic heterocycles. The molecule has 57 valence electrons. The average molecular weight is 269 g/mol. The Bertz CT molecular complexity index is 143. The number of hydrogen-bond acceptors (Lipinski definition) is 1. The summed E-state index contributed by atoms with van der Waals surface area (Å²) in [6.07, 6.45) is 5.55. The first-order chi connectivity index (χ1) is 4.43. The second-order valence-corrected chi connectivity index (χ2v) is 2.56. The van der Waals surface area contributed by atoms with Gasteiger partial charge in [-0.1, -0.05) is 15.9 Å². The highest BCUT2D eigenvalue weighted by atomic mass is 79.9. The molecular weight excluding hydrogens is 260 g/mol. The van der Waals surface area contributed by atoms with Gasteiger partial charge in [-0.3, -0.25) is 0 Å². The Hall–Kier alpha value is 0.170. The van der Waals surface area contributed by atoms with Gasteiger partial charge < -0.3 is 0 Å². The van der Waals surface area contributed by atoms with Crippen LogP contribution in [0.4, 0.5) is 0 Å². The summed E-state index contributed by atoms with van der Waals surface area (Å²) in [5, 5.41) is 5.05. The largest absolute Gasteiger partial charge is 0.240 e. The molecule has 0 saturated carbocycles. The minimum atomic E-state index is 0.